The van der Waals surface area contributed by atoms with E-state index in [1.54, 1.807) is 7.11 Å². The third-order valence-corrected chi connectivity index (χ3v) is 2.84. The summed E-state index contributed by atoms with van der Waals surface area (Å²) in [6.45, 7) is 7.51. The summed E-state index contributed by atoms with van der Waals surface area (Å²) in [4.78, 5) is 8.89. The summed E-state index contributed by atoms with van der Waals surface area (Å²) in [5, 5.41) is 3.32. The summed E-state index contributed by atoms with van der Waals surface area (Å²) >= 11 is 6.06. The van der Waals surface area contributed by atoms with Crippen LogP contribution in [0.2, 0.25) is 0 Å². The number of alkyl halides is 1. The molecule has 0 saturated heterocycles. The lowest BCUT2D eigenvalue weighted by Gasteiger charge is -2.12. The molecule has 5 heteroatoms. The number of ether oxygens (including phenoxy) is 1. The Balaban J connectivity index is 2.51. The van der Waals surface area contributed by atoms with Crippen molar-refractivity contribution in [2.75, 3.05) is 25.6 Å². The van der Waals surface area contributed by atoms with Gasteiger partial charge in [-0.05, 0) is 13.3 Å². The van der Waals surface area contributed by atoms with E-state index in [1.807, 2.05) is 13.0 Å². The van der Waals surface area contributed by atoms with Gasteiger partial charge in [-0.15, -0.1) is 11.6 Å². The molecule has 0 fully saturated rings. The quantitative estimate of drug-likeness (QED) is 0.775. The maximum Gasteiger partial charge on any atom is 0.133 e. The minimum Gasteiger partial charge on any atom is -0.383 e. The SMILES string of the molecule is COCC(Cl)CCNc1cc(C)nc(C(C)C)n1. The molecule has 1 atom stereocenters. The van der Waals surface area contributed by atoms with Gasteiger partial charge in [-0.3, -0.25) is 0 Å². The molecule has 1 aromatic heterocycles. The number of nitrogens with zero attached hydrogens (tertiary/aromatic N) is 2. The number of rotatable bonds is 7. The molecule has 4 nitrogen and oxygen atoms in total. The first-order chi connectivity index (χ1) is 8.52. The number of methoxy groups -OCH3 is 1. The first-order valence-electron chi connectivity index (χ1n) is 6.25. The Bertz CT molecular complexity index is 371. The van der Waals surface area contributed by atoms with Gasteiger partial charge in [0, 0.05) is 31.3 Å². The topological polar surface area (TPSA) is 47.0 Å². The van der Waals surface area contributed by atoms with Crippen molar-refractivity contribution in [3.8, 4) is 0 Å². The molecule has 0 aliphatic heterocycles. The lowest BCUT2D eigenvalue weighted by atomic mass is 10.2. The van der Waals surface area contributed by atoms with Crippen molar-refractivity contribution < 1.29 is 4.74 Å². The van der Waals surface area contributed by atoms with Gasteiger partial charge >= 0.3 is 0 Å². The number of hydrogen-bond acceptors (Lipinski definition) is 4. The van der Waals surface area contributed by atoms with Crippen molar-refractivity contribution in [1.29, 1.82) is 0 Å². The van der Waals surface area contributed by atoms with E-state index >= 15 is 0 Å². The van der Waals surface area contributed by atoms with Crippen LogP contribution in [-0.4, -0.2) is 35.6 Å². The zero-order valence-electron chi connectivity index (χ0n) is 11.5. The highest BCUT2D eigenvalue weighted by Crippen LogP contribution is 2.14. The van der Waals surface area contributed by atoms with Crippen molar-refractivity contribution in [2.24, 2.45) is 0 Å². The Kier molecular flexibility index (Phi) is 6.36. The van der Waals surface area contributed by atoms with E-state index in [1.165, 1.54) is 0 Å². The van der Waals surface area contributed by atoms with E-state index < -0.39 is 0 Å². The lowest BCUT2D eigenvalue weighted by molar-refractivity contribution is 0.196. The van der Waals surface area contributed by atoms with Crippen molar-refractivity contribution in [2.45, 2.75) is 38.5 Å². The Hall–Kier alpha value is -0.870. The molecule has 1 N–H and O–H groups in total. The van der Waals surface area contributed by atoms with Crippen LogP contribution in [0, 0.1) is 6.92 Å². The molecule has 1 heterocycles. The van der Waals surface area contributed by atoms with Crippen molar-refractivity contribution >= 4 is 17.4 Å². The molecule has 102 valence electrons. The summed E-state index contributed by atoms with van der Waals surface area (Å²) in [7, 11) is 1.66. The van der Waals surface area contributed by atoms with Crippen molar-refractivity contribution in [3.63, 3.8) is 0 Å². The van der Waals surface area contributed by atoms with E-state index in [0.717, 1.165) is 30.3 Å². The van der Waals surface area contributed by atoms with Crippen molar-refractivity contribution in [3.05, 3.63) is 17.6 Å². The molecule has 1 rings (SSSR count). The predicted octanol–water partition coefficient (Wildman–Crippen LogP) is 2.96. The van der Waals surface area contributed by atoms with Crippen molar-refractivity contribution in [1.82, 2.24) is 9.97 Å². The highest BCUT2D eigenvalue weighted by atomic mass is 35.5. The summed E-state index contributed by atoms with van der Waals surface area (Å²) in [6.07, 6.45) is 0.843. The van der Waals surface area contributed by atoms with Gasteiger partial charge < -0.3 is 10.1 Å². The molecule has 0 amide bonds. The second kappa shape index (κ2) is 7.54. The smallest absolute Gasteiger partial charge is 0.133 e. The number of aryl methyl sites for hydroxylation is 1. The predicted molar refractivity (Wildman–Crippen MR) is 75.5 cm³/mol. The Morgan fingerprint density at radius 3 is 2.72 bits per heavy atom. The van der Waals surface area contributed by atoms with Crippen LogP contribution < -0.4 is 5.32 Å². The Morgan fingerprint density at radius 1 is 1.39 bits per heavy atom. The van der Waals surface area contributed by atoms with Crippen LogP contribution in [0.5, 0.6) is 0 Å². The first kappa shape index (κ1) is 15.2. The minimum absolute atomic E-state index is 0.0370. The largest absolute Gasteiger partial charge is 0.383 e. The fraction of sp³-hybridized carbons (Fsp3) is 0.692. The standard InChI is InChI=1S/C13H22ClN3O/c1-9(2)13-16-10(3)7-12(17-13)15-6-5-11(14)8-18-4/h7,9,11H,5-6,8H2,1-4H3,(H,15,16,17). The molecule has 0 aromatic carbocycles. The second-order valence-electron chi connectivity index (χ2n) is 4.68. The number of hydrogen-bond donors (Lipinski definition) is 1. The normalized spacial score (nSPS) is 12.8. The Labute approximate surface area is 114 Å². The van der Waals surface area contributed by atoms with Crippen LogP contribution in [0.3, 0.4) is 0 Å². The average Bonchev–Trinajstić information content (AvgIpc) is 2.28. The summed E-state index contributed by atoms with van der Waals surface area (Å²) in [5.41, 5.74) is 0.982. The van der Waals surface area contributed by atoms with Gasteiger partial charge in [0.05, 0.1) is 12.0 Å². The van der Waals surface area contributed by atoms with E-state index in [4.69, 9.17) is 16.3 Å². The monoisotopic (exact) mass is 271 g/mol. The van der Waals surface area contributed by atoms with Crippen LogP contribution in [0.25, 0.3) is 0 Å². The molecule has 0 aliphatic rings. The van der Waals surface area contributed by atoms with Gasteiger partial charge in [-0.1, -0.05) is 13.8 Å². The van der Waals surface area contributed by atoms with Crippen LogP contribution in [0.15, 0.2) is 6.07 Å². The van der Waals surface area contributed by atoms with Crippen LogP contribution in [0.4, 0.5) is 5.82 Å². The molecule has 18 heavy (non-hydrogen) atoms. The third-order valence-electron chi connectivity index (χ3n) is 2.50. The van der Waals surface area contributed by atoms with E-state index in [-0.39, 0.29) is 5.38 Å². The molecule has 0 aliphatic carbocycles. The Morgan fingerprint density at radius 2 is 2.11 bits per heavy atom. The fourth-order valence-corrected chi connectivity index (χ4v) is 1.80. The van der Waals surface area contributed by atoms with E-state index in [2.05, 4.69) is 29.1 Å². The number of halogens is 1. The van der Waals surface area contributed by atoms with Gasteiger partial charge in [0.2, 0.25) is 0 Å². The molecule has 0 spiro atoms. The maximum absolute atomic E-state index is 6.06. The molecule has 1 aromatic rings. The number of aromatic nitrogens is 2. The van der Waals surface area contributed by atoms with Crippen LogP contribution in [-0.2, 0) is 4.74 Å². The molecule has 0 bridgehead atoms. The zero-order valence-corrected chi connectivity index (χ0v) is 12.3. The van der Waals surface area contributed by atoms with E-state index in [9.17, 15) is 0 Å². The number of anilines is 1. The molecular weight excluding hydrogens is 250 g/mol. The highest BCUT2D eigenvalue weighted by Gasteiger charge is 2.07. The van der Waals surface area contributed by atoms with E-state index in [0.29, 0.717) is 12.5 Å². The fourth-order valence-electron chi connectivity index (χ4n) is 1.56. The molecule has 1 unspecified atom stereocenters. The summed E-state index contributed by atoms with van der Waals surface area (Å²) < 4.78 is 4.99. The average molecular weight is 272 g/mol. The first-order valence-corrected chi connectivity index (χ1v) is 6.69. The third kappa shape index (κ3) is 5.19. The number of nitrogens with one attached hydrogen (secondary N) is 1. The zero-order chi connectivity index (χ0) is 13.5. The summed E-state index contributed by atoms with van der Waals surface area (Å²) in [5.74, 6) is 2.07. The molecule has 0 saturated carbocycles. The maximum atomic E-state index is 6.06. The van der Waals surface area contributed by atoms with Gasteiger partial charge in [-0.2, -0.15) is 0 Å². The van der Waals surface area contributed by atoms with Gasteiger partial charge in [-0.25, -0.2) is 9.97 Å². The van der Waals surface area contributed by atoms with Crippen LogP contribution >= 0.6 is 11.6 Å². The second-order valence-corrected chi connectivity index (χ2v) is 5.29. The lowest BCUT2D eigenvalue weighted by Crippen LogP contribution is -2.14. The van der Waals surface area contributed by atoms with Gasteiger partial charge in [0.25, 0.3) is 0 Å². The summed E-state index contributed by atoms with van der Waals surface area (Å²) in [6, 6.07) is 1.95. The minimum atomic E-state index is 0.0370. The van der Waals surface area contributed by atoms with Gasteiger partial charge in [0.1, 0.15) is 11.6 Å². The molecule has 0 radical (unpaired) electrons. The highest BCUT2D eigenvalue weighted by molar-refractivity contribution is 6.20. The van der Waals surface area contributed by atoms with Gasteiger partial charge in [0.15, 0.2) is 0 Å². The van der Waals surface area contributed by atoms with Crippen LogP contribution in [0.1, 0.15) is 37.7 Å². The molecular formula is C13H22ClN3O.